The highest BCUT2D eigenvalue weighted by molar-refractivity contribution is 5.94. The Morgan fingerprint density at radius 3 is 3.04 bits per heavy atom. The number of ether oxygens (including phenoxy) is 2. The van der Waals surface area contributed by atoms with Gasteiger partial charge in [-0.05, 0) is 18.2 Å². The molecule has 4 heterocycles. The first-order chi connectivity index (χ1) is 13.3. The molecule has 134 valence electrons. The van der Waals surface area contributed by atoms with Crippen molar-refractivity contribution in [2.75, 3.05) is 20.3 Å². The predicted octanol–water partition coefficient (Wildman–Crippen LogP) is 1.40. The van der Waals surface area contributed by atoms with Gasteiger partial charge in [0.2, 0.25) is 5.90 Å². The predicted molar refractivity (Wildman–Crippen MR) is 97.7 cm³/mol. The van der Waals surface area contributed by atoms with E-state index in [0.29, 0.717) is 32.2 Å². The van der Waals surface area contributed by atoms with Crippen LogP contribution in [0.5, 0.6) is 0 Å². The number of hydrogen-bond donors (Lipinski definition) is 0. The van der Waals surface area contributed by atoms with Crippen LogP contribution >= 0.6 is 0 Å². The quantitative estimate of drug-likeness (QED) is 0.516. The molecule has 3 aromatic rings. The van der Waals surface area contributed by atoms with Crippen molar-refractivity contribution in [1.82, 2.24) is 24.3 Å². The number of fused-ring (bicyclic) bond motifs is 5. The average Bonchev–Trinajstić information content (AvgIpc) is 3.41. The van der Waals surface area contributed by atoms with Gasteiger partial charge in [-0.1, -0.05) is 5.92 Å². The van der Waals surface area contributed by atoms with Crippen LogP contribution in [-0.4, -0.2) is 50.5 Å². The van der Waals surface area contributed by atoms with Crippen molar-refractivity contribution in [2.45, 2.75) is 13.2 Å². The summed E-state index contributed by atoms with van der Waals surface area (Å²) in [6, 6.07) is 5.84. The lowest BCUT2D eigenvalue weighted by Gasteiger charge is -2.09. The second-order valence-corrected chi connectivity index (χ2v) is 6.28. The Morgan fingerprint density at radius 2 is 2.26 bits per heavy atom. The molecule has 0 aliphatic carbocycles. The molecule has 0 spiro atoms. The molecule has 0 amide bonds. The molecule has 0 bridgehead atoms. The second kappa shape index (κ2) is 6.07. The molecule has 8 heteroatoms. The molecule has 0 saturated carbocycles. The third kappa shape index (κ3) is 2.36. The van der Waals surface area contributed by atoms with E-state index in [4.69, 9.17) is 15.9 Å². The molecule has 0 fully saturated rings. The van der Waals surface area contributed by atoms with Crippen LogP contribution < -0.4 is 0 Å². The Balaban J connectivity index is 1.78. The zero-order valence-electron chi connectivity index (χ0n) is 14.7. The molecule has 8 nitrogen and oxygen atoms in total. The van der Waals surface area contributed by atoms with Crippen LogP contribution in [0.25, 0.3) is 17.1 Å². The monoisotopic (exact) mass is 360 g/mol. The zero-order valence-corrected chi connectivity index (χ0v) is 14.7. The van der Waals surface area contributed by atoms with E-state index in [1.807, 2.05) is 27.3 Å². The summed E-state index contributed by atoms with van der Waals surface area (Å²) in [7, 11) is 1.64. The van der Waals surface area contributed by atoms with E-state index < -0.39 is 0 Å². The van der Waals surface area contributed by atoms with Crippen molar-refractivity contribution in [3.63, 3.8) is 0 Å². The van der Waals surface area contributed by atoms with Gasteiger partial charge < -0.3 is 14.0 Å². The topological polar surface area (TPSA) is 79.3 Å². The van der Waals surface area contributed by atoms with Gasteiger partial charge >= 0.3 is 0 Å². The maximum absolute atomic E-state index is 5.66. The normalized spacial score (nSPS) is 14.4. The van der Waals surface area contributed by atoms with E-state index in [9.17, 15) is 0 Å². The van der Waals surface area contributed by atoms with Crippen molar-refractivity contribution in [2.24, 2.45) is 4.99 Å². The Bertz CT molecular complexity index is 1120. The van der Waals surface area contributed by atoms with Gasteiger partial charge in [0.15, 0.2) is 11.6 Å². The van der Waals surface area contributed by atoms with Gasteiger partial charge in [-0.25, -0.2) is 9.98 Å². The van der Waals surface area contributed by atoms with E-state index >= 15 is 0 Å². The summed E-state index contributed by atoms with van der Waals surface area (Å²) in [4.78, 5) is 9.01. The highest BCUT2D eigenvalue weighted by Gasteiger charge is 2.28. The number of aromatic nitrogens is 5. The van der Waals surface area contributed by atoms with E-state index in [0.717, 1.165) is 39.9 Å². The Morgan fingerprint density at radius 1 is 1.33 bits per heavy atom. The molecule has 0 atom stereocenters. The Labute approximate surface area is 155 Å². The summed E-state index contributed by atoms with van der Waals surface area (Å²) in [5.41, 5.74) is 4.32. The van der Waals surface area contributed by atoms with Crippen LogP contribution in [0.2, 0.25) is 0 Å². The molecule has 2 aromatic heterocycles. The minimum atomic E-state index is 0.359. The first kappa shape index (κ1) is 15.8. The average molecular weight is 360 g/mol. The van der Waals surface area contributed by atoms with Gasteiger partial charge in [0, 0.05) is 18.2 Å². The molecule has 2 aliphatic rings. The van der Waals surface area contributed by atoms with Crippen molar-refractivity contribution in [1.29, 1.82) is 0 Å². The molecule has 2 aliphatic heterocycles. The highest BCUT2D eigenvalue weighted by Crippen LogP contribution is 2.33. The fourth-order valence-corrected chi connectivity index (χ4v) is 3.49. The van der Waals surface area contributed by atoms with Crippen LogP contribution in [0.15, 0.2) is 29.5 Å². The molecule has 1 aromatic carbocycles. The molecule has 27 heavy (non-hydrogen) atoms. The van der Waals surface area contributed by atoms with E-state index in [-0.39, 0.29) is 0 Å². The largest absolute Gasteiger partial charge is 0.474 e. The summed E-state index contributed by atoms with van der Waals surface area (Å²) < 4.78 is 15.0. The number of methoxy groups -OCH3 is 1. The minimum Gasteiger partial charge on any atom is -0.474 e. The molecule has 0 saturated heterocycles. The number of terminal acetylenes is 1. The fourth-order valence-electron chi connectivity index (χ4n) is 3.49. The van der Waals surface area contributed by atoms with Crippen LogP contribution in [0.3, 0.4) is 0 Å². The second-order valence-electron chi connectivity index (χ2n) is 6.28. The standard InChI is InChI=1S/C19H16N6O2/c1-3-12-4-5-14-13(8-12)18-23-22-16(10-26-2)24(18)9-15-17(21-11-25(14)15)19-20-6-7-27-19/h1,4-5,8,11H,6-7,9-10H2,2H3. The number of rotatable bonds is 3. The molecule has 0 N–H and O–H groups in total. The summed E-state index contributed by atoms with van der Waals surface area (Å²) in [6.07, 6.45) is 7.40. The molecular weight excluding hydrogens is 344 g/mol. The van der Waals surface area contributed by atoms with Crippen molar-refractivity contribution in [3.8, 4) is 29.4 Å². The van der Waals surface area contributed by atoms with Gasteiger partial charge in [0.1, 0.15) is 25.2 Å². The Kier molecular flexibility index (Phi) is 3.55. The van der Waals surface area contributed by atoms with E-state index in [2.05, 4.69) is 26.1 Å². The summed E-state index contributed by atoms with van der Waals surface area (Å²) in [6.45, 7) is 2.12. The summed E-state index contributed by atoms with van der Waals surface area (Å²) in [5, 5.41) is 8.72. The van der Waals surface area contributed by atoms with Gasteiger partial charge in [0.05, 0.1) is 24.5 Å². The van der Waals surface area contributed by atoms with Gasteiger partial charge in [-0.2, -0.15) is 0 Å². The maximum atomic E-state index is 5.66. The van der Waals surface area contributed by atoms with Crippen LogP contribution in [0.4, 0.5) is 0 Å². The van der Waals surface area contributed by atoms with Crippen molar-refractivity contribution in [3.05, 3.63) is 47.3 Å². The number of hydrogen-bond acceptors (Lipinski definition) is 6. The molecule has 0 unspecified atom stereocenters. The van der Waals surface area contributed by atoms with Crippen LogP contribution in [-0.2, 0) is 22.6 Å². The fraction of sp³-hybridized carbons (Fsp3) is 0.263. The van der Waals surface area contributed by atoms with Crippen molar-refractivity contribution >= 4 is 5.90 Å². The van der Waals surface area contributed by atoms with Gasteiger partial charge in [-0.15, -0.1) is 16.6 Å². The van der Waals surface area contributed by atoms with E-state index in [1.165, 1.54) is 0 Å². The lowest BCUT2D eigenvalue weighted by molar-refractivity contribution is 0.174. The van der Waals surface area contributed by atoms with Crippen LogP contribution in [0.1, 0.15) is 22.8 Å². The highest BCUT2D eigenvalue weighted by atomic mass is 16.5. The number of aliphatic imine (C=N–C) groups is 1. The van der Waals surface area contributed by atoms with Crippen LogP contribution in [0, 0.1) is 12.3 Å². The summed E-state index contributed by atoms with van der Waals surface area (Å²) >= 11 is 0. The molecular formula is C19H16N6O2. The smallest absolute Gasteiger partial charge is 0.237 e. The van der Waals surface area contributed by atoms with Gasteiger partial charge in [0.25, 0.3) is 0 Å². The first-order valence-electron chi connectivity index (χ1n) is 8.56. The number of nitrogens with zero attached hydrogens (tertiary/aromatic N) is 6. The molecule has 0 radical (unpaired) electrons. The molecule has 5 rings (SSSR count). The third-order valence-corrected chi connectivity index (χ3v) is 4.73. The lowest BCUT2D eigenvalue weighted by Crippen LogP contribution is -2.12. The maximum Gasteiger partial charge on any atom is 0.237 e. The SMILES string of the molecule is C#Cc1ccc2c(c1)-c1nnc(COC)n1Cc1c(C3=NCCO3)ncn1-2. The Hall–Kier alpha value is -3.44. The third-order valence-electron chi connectivity index (χ3n) is 4.73. The number of benzene rings is 1. The lowest BCUT2D eigenvalue weighted by atomic mass is 10.1. The number of imidazole rings is 1. The van der Waals surface area contributed by atoms with E-state index in [1.54, 1.807) is 13.4 Å². The van der Waals surface area contributed by atoms with Crippen molar-refractivity contribution < 1.29 is 9.47 Å². The zero-order chi connectivity index (χ0) is 18.4. The minimum absolute atomic E-state index is 0.359. The first-order valence-corrected chi connectivity index (χ1v) is 8.56. The van der Waals surface area contributed by atoms with Gasteiger partial charge in [-0.3, -0.25) is 4.57 Å². The summed E-state index contributed by atoms with van der Waals surface area (Å²) in [5.74, 6) is 4.75.